The molecular weight excluding hydrogens is 224 g/mol. The Morgan fingerprint density at radius 3 is 2.81 bits per heavy atom. The number of hydrogen-bond donors (Lipinski definition) is 1. The topological polar surface area (TPSA) is 49.4 Å². The molecule has 90 valence electrons. The first-order chi connectivity index (χ1) is 7.50. The normalized spacial score (nSPS) is 30.1. The highest BCUT2D eigenvalue weighted by molar-refractivity contribution is 7.99. The number of hydrogen-bond acceptors (Lipinski definition) is 3. The van der Waals surface area contributed by atoms with Crippen LogP contribution in [0.1, 0.15) is 26.7 Å². The molecular formula is C11H18N2O2S. The van der Waals surface area contributed by atoms with Crippen molar-refractivity contribution in [1.82, 2.24) is 10.2 Å². The third-order valence-corrected chi connectivity index (χ3v) is 4.32. The van der Waals surface area contributed by atoms with Gasteiger partial charge in [0.1, 0.15) is 5.54 Å². The molecule has 2 heterocycles. The van der Waals surface area contributed by atoms with E-state index in [9.17, 15) is 9.59 Å². The minimum absolute atomic E-state index is 0.0218. The summed E-state index contributed by atoms with van der Waals surface area (Å²) in [4.78, 5) is 25.7. The molecule has 2 aliphatic rings. The Bertz CT molecular complexity index is 311. The molecule has 1 unspecified atom stereocenters. The van der Waals surface area contributed by atoms with E-state index >= 15 is 0 Å². The summed E-state index contributed by atoms with van der Waals surface area (Å²) in [5, 5.41) is 2.78. The third kappa shape index (κ3) is 2.19. The van der Waals surface area contributed by atoms with Crippen molar-refractivity contribution >= 4 is 23.6 Å². The lowest BCUT2D eigenvalue weighted by Crippen LogP contribution is -2.55. The molecule has 1 atom stereocenters. The highest BCUT2D eigenvalue weighted by Gasteiger charge is 2.39. The van der Waals surface area contributed by atoms with E-state index < -0.39 is 5.54 Å². The second-order valence-corrected chi connectivity index (χ2v) is 6.09. The standard InChI is InChI=1S/C11H18N2O2S/c1-11(2)10(15)13(5-3-9(14)12-11)8-4-6-16-7-8/h8H,3-7H2,1-2H3,(H,12,14). The molecule has 2 fully saturated rings. The van der Waals surface area contributed by atoms with Crippen molar-refractivity contribution in [3.63, 3.8) is 0 Å². The van der Waals surface area contributed by atoms with Gasteiger partial charge in [-0.3, -0.25) is 9.59 Å². The Labute approximate surface area is 100 Å². The van der Waals surface area contributed by atoms with E-state index in [1.807, 2.05) is 16.7 Å². The van der Waals surface area contributed by atoms with E-state index in [-0.39, 0.29) is 11.8 Å². The van der Waals surface area contributed by atoms with Gasteiger partial charge in [-0.05, 0) is 26.0 Å². The lowest BCUT2D eigenvalue weighted by atomic mass is 10.0. The van der Waals surface area contributed by atoms with E-state index in [2.05, 4.69) is 5.32 Å². The molecule has 2 rings (SSSR count). The summed E-state index contributed by atoms with van der Waals surface area (Å²) >= 11 is 1.89. The molecule has 0 saturated carbocycles. The number of nitrogens with zero attached hydrogens (tertiary/aromatic N) is 1. The highest BCUT2D eigenvalue weighted by Crippen LogP contribution is 2.25. The summed E-state index contributed by atoms with van der Waals surface area (Å²) in [5.41, 5.74) is -0.749. The fraction of sp³-hybridized carbons (Fsp3) is 0.818. The van der Waals surface area contributed by atoms with E-state index in [0.29, 0.717) is 19.0 Å². The molecule has 2 aliphatic heterocycles. The van der Waals surface area contributed by atoms with Gasteiger partial charge in [-0.1, -0.05) is 0 Å². The summed E-state index contributed by atoms with van der Waals surface area (Å²) in [5.74, 6) is 2.17. The quantitative estimate of drug-likeness (QED) is 0.733. The predicted molar refractivity (Wildman–Crippen MR) is 64.3 cm³/mol. The SMILES string of the molecule is CC1(C)NC(=O)CCN(C2CCSC2)C1=O. The van der Waals surface area contributed by atoms with Crippen molar-refractivity contribution in [1.29, 1.82) is 0 Å². The van der Waals surface area contributed by atoms with E-state index in [1.165, 1.54) is 0 Å². The van der Waals surface area contributed by atoms with Gasteiger partial charge in [0.2, 0.25) is 11.8 Å². The molecule has 2 saturated heterocycles. The summed E-state index contributed by atoms with van der Waals surface area (Å²) < 4.78 is 0. The summed E-state index contributed by atoms with van der Waals surface area (Å²) in [6.07, 6.45) is 1.48. The zero-order chi connectivity index (χ0) is 11.8. The molecule has 0 aromatic rings. The summed E-state index contributed by atoms with van der Waals surface area (Å²) in [6, 6.07) is 0.324. The lowest BCUT2D eigenvalue weighted by molar-refractivity contribution is -0.138. The molecule has 0 spiro atoms. The molecule has 0 aromatic carbocycles. The summed E-state index contributed by atoms with van der Waals surface area (Å²) in [6.45, 7) is 4.14. The van der Waals surface area contributed by atoms with Gasteiger partial charge in [0.25, 0.3) is 0 Å². The van der Waals surface area contributed by atoms with Gasteiger partial charge < -0.3 is 10.2 Å². The van der Waals surface area contributed by atoms with Crippen LogP contribution >= 0.6 is 11.8 Å². The zero-order valence-electron chi connectivity index (χ0n) is 9.78. The van der Waals surface area contributed by atoms with Gasteiger partial charge in [-0.2, -0.15) is 11.8 Å². The molecule has 4 nitrogen and oxygen atoms in total. The van der Waals surface area contributed by atoms with Crippen LogP contribution in [0, 0.1) is 0 Å². The molecule has 0 bridgehead atoms. The van der Waals surface area contributed by atoms with Gasteiger partial charge in [-0.25, -0.2) is 0 Å². The van der Waals surface area contributed by atoms with Gasteiger partial charge in [0, 0.05) is 24.8 Å². The van der Waals surface area contributed by atoms with Crippen molar-refractivity contribution in [3.05, 3.63) is 0 Å². The van der Waals surface area contributed by atoms with Crippen LogP contribution in [0.25, 0.3) is 0 Å². The monoisotopic (exact) mass is 242 g/mol. The first-order valence-electron chi connectivity index (χ1n) is 5.70. The molecule has 1 N–H and O–H groups in total. The second kappa shape index (κ2) is 4.28. The fourth-order valence-electron chi connectivity index (χ4n) is 2.26. The Kier molecular flexibility index (Phi) is 3.15. The predicted octanol–water partition coefficient (Wildman–Crippen LogP) is 0.619. The van der Waals surface area contributed by atoms with Crippen molar-refractivity contribution in [2.24, 2.45) is 0 Å². The zero-order valence-corrected chi connectivity index (χ0v) is 10.6. The van der Waals surface area contributed by atoms with Crippen molar-refractivity contribution in [2.45, 2.75) is 38.3 Å². The Morgan fingerprint density at radius 2 is 2.19 bits per heavy atom. The maximum atomic E-state index is 12.3. The van der Waals surface area contributed by atoms with Crippen molar-refractivity contribution < 1.29 is 9.59 Å². The van der Waals surface area contributed by atoms with Gasteiger partial charge in [-0.15, -0.1) is 0 Å². The van der Waals surface area contributed by atoms with Crippen molar-refractivity contribution in [2.75, 3.05) is 18.1 Å². The van der Waals surface area contributed by atoms with Crippen molar-refractivity contribution in [3.8, 4) is 0 Å². The molecule has 0 aliphatic carbocycles. The van der Waals surface area contributed by atoms with E-state index in [1.54, 1.807) is 13.8 Å². The van der Waals surface area contributed by atoms with Crippen LogP contribution in [0.4, 0.5) is 0 Å². The number of thioether (sulfide) groups is 1. The fourth-order valence-corrected chi connectivity index (χ4v) is 3.49. The number of nitrogens with one attached hydrogen (secondary N) is 1. The molecule has 2 amide bonds. The molecule has 0 aromatic heterocycles. The van der Waals surface area contributed by atoms with Crippen LogP contribution in [0.15, 0.2) is 0 Å². The Hall–Kier alpha value is -0.710. The molecule has 0 radical (unpaired) electrons. The van der Waals surface area contributed by atoms with Crippen LogP contribution in [0.2, 0.25) is 0 Å². The van der Waals surface area contributed by atoms with Gasteiger partial charge >= 0.3 is 0 Å². The number of carbonyl (C=O) groups is 2. The lowest BCUT2D eigenvalue weighted by Gasteiger charge is -2.32. The number of amides is 2. The van der Waals surface area contributed by atoms with Crippen LogP contribution < -0.4 is 5.32 Å². The van der Waals surface area contributed by atoms with Crippen LogP contribution in [0.5, 0.6) is 0 Å². The smallest absolute Gasteiger partial charge is 0.248 e. The van der Waals surface area contributed by atoms with E-state index in [0.717, 1.165) is 17.9 Å². The number of carbonyl (C=O) groups excluding carboxylic acids is 2. The molecule has 5 heteroatoms. The molecule has 16 heavy (non-hydrogen) atoms. The minimum Gasteiger partial charge on any atom is -0.342 e. The van der Waals surface area contributed by atoms with Crippen LogP contribution in [0.3, 0.4) is 0 Å². The van der Waals surface area contributed by atoms with E-state index in [4.69, 9.17) is 0 Å². The summed E-state index contributed by atoms with van der Waals surface area (Å²) in [7, 11) is 0. The largest absolute Gasteiger partial charge is 0.342 e. The Morgan fingerprint density at radius 1 is 1.44 bits per heavy atom. The minimum atomic E-state index is -0.749. The average molecular weight is 242 g/mol. The maximum absolute atomic E-state index is 12.3. The first kappa shape index (κ1) is 11.8. The van der Waals surface area contributed by atoms with Gasteiger partial charge in [0.05, 0.1) is 0 Å². The second-order valence-electron chi connectivity index (χ2n) is 4.94. The highest BCUT2D eigenvalue weighted by atomic mass is 32.2. The van der Waals surface area contributed by atoms with Crippen LogP contribution in [-0.4, -0.2) is 46.3 Å². The Balaban J connectivity index is 2.17. The van der Waals surface area contributed by atoms with Gasteiger partial charge in [0.15, 0.2) is 0 Å². The number of rotatable bonds is 1. The maximum Gasteiger partial charge on any atom is 0.248 e. The first-order valence-corrected chi connectivity index (χ1v) is 6.86. The average Bonchev–Trinajstić information content (AvgIpc) is 2.67. The third-order valence-electron chi connectivity index (χ3n) is 3.17. The van der Waals surface area contributed by atoms with Crippen LogP contribution in [-0.2, 0) is 9.59 Å².